The first-order valence-corrected chi connectivity index (χ1v) is 14.8. The normalized spacial score (nSPS) is 25.2. The van der Waals surface area contributed by atoms with Gasteiger partial charge in [-0.2, -0.15) is 0 Å². The molecule has 4 aliphatic rings. The first kappa shape index (κ1) is 23.1. The molecule has 5 aromatic rings. The van der Waals surface area contributed by atoms with E-state index in [1.807, 2.05) is 0 Å². The van der Waals surface area contributed by atoms with Crippen molar-refractivity contribution in [2.24, 2.45) is 17.8 Å². The summed E-state index contributed by atoms with van der Waals surface area (Å²) in [5.74, 6) is 2.73. The Morgan fingerprint density at radius 3 is 1.72 bits per heavy atom. The van der Waals surface area contributed by atoms with Crippen LogP contribution in [-0.4, -0.2) is 5.54 Å². The number of hydrogen-bond donors (Lipinski definition) is 0. The molecule has 0 radical (unpaired) electrons. The summed E-state index contributed by atoms with van der Waals surface area (Å²) < 4.78 is 0. The predicted molar refractivity (Wildman–Crippen MR) is 164 cm³/mol. The Hall–Kier alpha value is -3.84. The highest BCUT2D eigenvalue weighted by Crippen LogP contribution is 2.60. The maximum absolute atomic E-state index is 2.75. The lowest BCUT2D eigenvalue weighted by Crippen LogP contribution is -2.58. The van der Waals surface area contributed by atoms with Gasteiger partial charge in [-0.3, -0.25) is 0 Å². The van der Waals surface area contributed by atoms with Crippen molar-refractivity contribution in [3.63, 3.8) is 0 Å². The van der Waals surface area contributed by atoms with Crippen molar-refractivity contribution in [2.75, 3.05) is 4.90 Å². The summed E-state index contributed by atoms with van der Waals surface area (Å²) in [4.78, 5) is 2.75. The number of fused-ring (bicyclic) bond motifs is 1. The second-order valence-corrected chi connectivity index (χ2v) is 12.4. The van der Waals surface area contributed by atoms with Crippen LogP contribution >= 0.6 is 0 Å². The highest BCUT2D eigenvalue weighted by molar-refractivity contribution is 6.04. The molecule has 192 valence electrons. The Kier molecular flexibility index (Phi) is 5.40. The molecule has 0 N–H and O–H groups in total. The van der Waals surface area contributed by atoms with Crippen LogP contribution in [0.3, 0.4) is 0 Å². The zero-order valence-electron chi connectivity index (χ0n) is 22.5. The highest BCUT2D eigenvalue weighted by Gasteiger charge is 2.54. The number of nitrogens with zero attached hydrogens (tertiary/aromatic N) is 1. The van der Waals surface area contributed by atoms with Crippen molar-refractivity contribution >= 4 is 22.1 Å². The zero-order valence-corrected chi connectivity index (χ0v) is 22.5. The standard InChI is InChI=1S/C38H35N/c1-3-10-32(11-4-1)37-35-14-8-7-9-30(35)17-20-36(37)31-15-18-34(19-16-31)39(33-12-5-2-6-13-33)38-24-27-21-28(25-38)23-29(22-27)26-38/h1-20,27-29H,21-26H2. The van der Waals surface area contributed by atoms with Gasteiger partial charge in [0.2, 0.25) is 0 Å². The number of anilines is 2. The van der Waals surface area contributed by atoms with Gasteiger partial charge in [0.05, 0.1) is 0 Å². The van der Waals surface area contributed by atoms with Crippen LogP contribution in [0.1, 0.15) is 38.5 Å². The zero-order chi connectivity index (χ0) is 25.8. The van der Waals surface area contributed by atoms with Crippen LogP contribution in [0, 0.1) is 17.8 Å². The van der Waals surface area contributed by atoms with Gasteiger partial charge in [0.1, 0.15) is 0 Å². The van der Waals surface area contributed by atoms with E-state index in [4.69, 9.17) is 0 Å². The molecule has 0 unspecified atom stereocenters. The summed E-state index contributed by atoms with van der Waals surface area (Å²) in [5, 5.41) is 2.60. The lowest BCUT2D eigenvalue weighted by molar-refractivity contribution is 0.000557. The molecule has 4 saturated carbocycles. The average molecular weight is 506 g/mol. The largest absolute Gasteiger partial charge is 0.335 e. The molecule has 0 spiro atoms. The molecule has 9 rings (SSSR count). The molecule has 4 aliphatic carbocycles. The quantitative estimate of drug-likeness (QED) is 0.230. The molecule has 1 nitrogen and oxygen atoms in total. The van der Waals surface area contributed by atoms with E-state index in [1.165, 1.54) is 82.9 Å². The van der Waals surface area contributed by atoms with Crippen LogP contribution in [0.4, 0.5) is 11.4 Å². The Morgan fingerprint density at radius 1 is 0.487 bits per heavy atom. The smallest absolute Gasteiger partial charge is 0.0459 e. The van der Waals surface area contributed by atoms with E-state index in [9.17, 15) is 0 Å². The molecule has 0 atom stereocenters. The molecule has 4 bridgehead atoms. The minimum absolute atomic E-state index is 0.260. The van der Waals surface area contributed by atoms with Gasteiger partial charge in [0.25, 0.3) is 0 Å². The van der Waals surface area contributed by atoms with E-state index in [0.29, 0.717) is 0 Å². The number of hydrogen-bond acceptors (Lipinski definition) is 1. The van der Waals surface area contributed by atoms with Crippen LogP contribution in [0.2, 0.25) is 0 Å². The molecule has 5 aromatic carbocycles. The van der Waals surface area contributed by atoms with E-state index < -0.39 is 0 Å². The number of rotatable bonds is 5. The van der Waals surface area contributed by atoms with Crippen molar-refractivity contribution in [1.82, 2.24) is 0 Å². The Labute approximate surface area is 232 Å². The maximum Gasteiger partial charge on any atom is 0.0459 e. The molecule has 0 amide bonds. The summed E-state index contributed by atoms with van der Waals surface area (Å²) in [6.07, 6.45) is 8.43. The summed E-state index contributed by atoms with van der Waals surface area (Å²) in [6.45, 7) is 0. The van der Waals surface area contributed by atoms with Crippen molar-refractivity contribution in [3.05, 3.63) is 121 Å². The summed E-state index contributed by atoms with van der Waals surface area (Å²) in [5.41, 5.74) is 8.12. The fraction of sp³-hybridized carbons (Fsp3) is 0.263. The van der Waals surface area contributed by atoms with Crippen LogP contribution in [0.25, 0.3) is 33.0 Å². The third-order valence-electron chi connectivity index (χ3n) is 9.92. The van der Waals surface area contributed by atoms with Crippen molar-refractivity contribution in [2.45, 2.75) is 44.1 Å². The third kappa shape index (κ3) is 3.90. The third-order valence-corrected chi connectivity index (χ3v) is 9.92. The van der Waals surface area contributed by atoms with Gasteiger partial charge in [-0.15, -0.1) is 0 Å². The second kappa shape index (κ2) is 9.12. The predicted octanol–water partition coefficient (Wildman–Crippen LogP) is 10.3. The second-order valence-electron chi connectivity index (χ2n) is 12.4. The van der Waals surface area contributed by atoms with E-state index in [2.05, 4.69) is 126 Å². The minimum atomic E-state index is 0.260. The van der Waals surface area contributed by atoms with E-state index in [1.54, 1.807) is 0 Å². The molecule has 0 aliphatic heterocycles. The monoisotopic (exact) mass is 505 g/mol. The molecule has 39 heavy (non-hydrogen) atoms. The Bertz CT molecular complexity index is 1580. The average Bonchev–Trinajstić information content (AvgIpc) is 2.97. The van der Waals surface area contributed by atoms with Crippen LogP contribution in [0.5, 0.6) is 0 Å². The maximum atomic E-state index is 2.75. The van der Waals surface area contributed by atoms with Crippen LogP contribution < -0.4 is 4.90 Å². The first-order valence-electron chi connectivity index (χ1n) is 14.8. The van der Waals surface area contributed by atoms with Gasteiger partial charge in [0.15, 0.2) is 0 Å². The fourth-order valence-corrected chi connectivity index (χ4v) is 8.83. The van der Waals surface area contributed by atoms with Gasteiger partial charge >= 0.3 is 0 Å². The van der Waals surface area contributed by atoms with Gasteiger partial charge in [0, 0.05) is 16.9 Å². The molecular formula is C38H35N. The van der Waals surface area contributed by atoms with Crippen molar-refractivity contribution < 1.29 is 0 Å². The first-order chi connectivity index (χ1) is 19.3. The topological polar surface area (TPSA) is 3.24 Å². The van der Waals surface area contributed by atoms with Gasteiger partial charge < -0.3 is 4.90 Å². The SMILES string of the molecule is c1ccc(-c2c(-c3ccc(N(c4ccccc4)C45CC6CC(CC(C6)C4)C5)cc3)ccc3ccccc23)cc1. The van der Waals surface area contributed by atoms with Gasteiger partial charge in [-0.25, -0.2) is 0 Å². The Balaban J connectivity index is 1.24. The molecule has 4 fully saturated rings. The molecule has 0 saturated heterocycles. The van der Waals surface area contributed by atoms with E-state index >= 15 is 0 Å². The highest BCUT2D eigenvalue weighted by atomic mass is 15.2. The molecule has 1 heteroatoms. The van der Waals surface area contributed by atoms with Crippen LogP contribution in [0.15, 0.2) is 121 Å². The minimum Gasteiger partial charge on any atom is -0.335 e. The molecule has 0 heterocycles. The van der Waals surface area contributed by atoms with Crippen LogP contribution in [-0.2, 0) is 0 Å². The van der Waals surface area contributed by atoms with Gasteiger partial charge in [-0.05, 0) is 114 Å². The summed E-state index contributed by atoms with van der Waals surface area (Å²) in [7, 11) is 0. The van der Waals surface area contributed by atoms with E-state index in [0.717, 1.165) is 17.8 Å². The Morgan fingerprint density at radius 2 is 1.05 bits per heavy atom. The molecule has 0 aromatic heterocycles. The lowest BCUT2D eigenvalue weighted by Gasteiger charge is -2.61. The van der Waals surface area contributed by atoms with E-state index in [-0.39, 0.29) is 5.54 Å². The fourth-order valence-electron chi connectivity index (χ4n) is 8.83. The molecular weight excluding hydrogens is 470 g/mol. The summed E-state index contributed by atoms with van der Waals surface area (Å²) >= 11 is 0. The van der Waals surface area contributed by atoms with Gasteiger partial charge in [-0.1, -0.05) is 97.1 Å². The lowest BCUT2D eigenvalue weighted by atomic mass is 9.52. The number of benzene rings is 5. The summed E-state index contributed by atoms with van der Waals surface area (Å²) in [6, 6.07) is 45.0. The van der Waals surface area contributed by atoms with Crippen molar-refractivity contribution in [1.29, 1.82) is 0 Å². The number of para-hydroxylation sites is 1. The van der Waals surface area contributed by atoms with Crippen molar-refractivity contribution in [3.8, 4) is 22.3 Å².